The predicted octanol–water partition coefficient (Wildman–Crippen LogP) is 2.71. The Kier molecular flexibility index (Phi) is 5.24. The summed E-state index contributed by atoms with van der Waals surface area (Å²) in [5.74, 6) is 0.274. The first kappa shape index (κ1) is 18.7. The number of aromatic nitrogens is 3. The monoisotopic (exact) mass is 391 g/mol. The largest absolute Gasteiger partial charge is 0.495 e. The van der Waals surface area contributed by atoms with Crippen LogP contribution in [0.3, 0.4) is 0 Å². The van der Waals surface area contributed by atoms with E-state index >= 15 is 0 Å². The molecule has 4 rings (SSSR count). The highest BCUT2D eigenvalue weighted by Crippen LogP contribution is 2.34. The average molecular weight is 391 g/mol. The molecule has 0 radical (unpaired) electrons. The van der Waals surface area contributed by atoms with E-state index in [-0.39, 0.29) is 17.5 Å². The van der Waals surface area contributed by atoms with Gasteiger partial charge in [0.2, 0.25) is 5.91 Å². The molecule has 29 heavy (non-hydrogen) atoms. The summed E-state index contributed by atoms with van der Waals surface area (Å²) in [6.45, 7) is 1.17. The van der Waals surface area contributed by atoms with Crippen LogP contribution in [-0.2, 0) is 11.3 Å². The third kappa shape index (κ3) is 4.11. The lowest BCUT2D eigenvalue weighted by Gasteiger charge is -2.20. The molecule has 148 valence electrons. The van der Waals surface area contributed by atoms with Crippen LogP contribution in [0.2, 0.25) is 0 Å². The van der Waals surface area contributed by atoms with Crippen molar-refractivity contribution in [3.63, 3.8) is 0 Å². The smallest absolute Gasteiger partial charge is 0.277 e. The number of ether oxygens (including phenoxy) is 1. The van der Waals surface area contributed by atoms with Gasteiger partial charge in [0.1, 0.15) is 5.75 Å². The lowest BCUT2D eigenvalue weighted by atomic mass is 10.2. The normalized spacial score (nSPS) is 13.6. The van der Waals surface area contributed by atoms with Gasteiger partial charge in [0.15, 0.2) is 5.69 Å². The van der Waals surface area contributed by atoms with Crippen molar-refractivity contribution in [1.29, 1.82) is 0 Å². The van der Waals surface area contributed by atoms with Crippen LogP contribution in [0.5, 0.6) is 5.75 Å². The highest BCUT2D eigenvalue weighted by Gasteiger charge is 2.25. The Hall–Kier alpha value is -3.68. The molecule has 1 aliphatic rings. The average Bonchev–Trinajstić information content (AvgIpc) is 3.38. The van der Waals surface area contributed by atoms with Crippen molar-refractivity contribution in [2.45, 2.75) is 19.4 Å². The lowest BCUT2D eigenvalue weighted by molar-refractivity contribution is -0.117. The van der Waals surface area contributed by atoms with Gasteiger partial charge in [0.25, 0.3) is 5.91 Å². The zero-order valence-electron chi connectivity index (χ0n) is 16.0. The van der Waals surface area contributed by atoms with Gasteiger partial charge in [0.05, 0.1) is 25.5 Å². The molecule has 0 unspecified atom stereocenters. The zero-order chi connectivity index (χ0) is 20.2. The van der Waals surface area contributed by atoms with Gasteiger partial charge in [0, 0.05) is 18.7 Å². The number of benzene rings is 2. The van der Waals surface area contributed by atoms with E-state index in [0.29, 0.717) is 36.6 Å². The van der Waals surface area contributed by atoms with Gasteiger partial charge in [-0.3, -0.25) is 9.59 Å². The van der Waals surface area contributed by atoms with Crippen LogP contribution in [0, 0.1) is 0 Å². The second kappa shape index (κ2) is 8.14. The summed E-state index contributed by atoms with van der Waals surface area (Å²) in [5, 5.41) is 10.8. The van der Waals surface area contributed by atoms with Gasteiger partial charge < -0.3 is 15.0 Å². The summed E-state index contributed by atoms with van der Waals surface area (Å²) in [7, 11) is 1.56. The Bertz CT molecular complexity index is 1030. The third-order valence-corrected chi connectivity index (χ3v) is 4.76. The fourth-order valence-electron chi connectivity index (χ4n) is 3.33. The molecule has 0 spiro atoms. The maximum absolute atomic E-state index is 12.6. The fourth-order valence-corrected chi connectivity index (χ4v) is 3.33. The molecule has 0 aliphatic carbocycles. The third-order valence-electron chi connectivity index (χ3n) is 4.76. The van der Waals surface area contributed by atoms with Crippen molar-refractivity contribution in [2.24, 2.45) is 0 Å². The maximum atomic E-state index is 12.6. The van der Waals surface area contributed by atoms with Gasteiger partial charge in [-0.2, -0.15) is 0 Å². The molecule has 8 nitrogen and oxygen atoms in total. The lowest BCUT2D eigenvalue weighted by Crippen LogP contribution is -2.24. The van der Waals surface area contributed by atoms with Crippen molar-refractivity contribution in [3.8, 4) is 5.75 Å². The molecule has 1 aliphatic heterocycles. The molecule has 2 heterocycles. The molecule has 2 amide bonds. The predicted molar refractivity (Wildman–Crippen MR) is 108 cm³/mol. The summed E-state index contributed by atoms with van der Waals surface area (Å²) in [6.07, 6.45) is 2.93. The summed E-state index contributed by atoms with van der Waals surface area (Å²) in [6, 6.07) is 15.0. The van der Waals surface area contributed by atoms with E-state index in [1.807, 2.05) is 30.3 Å². The van der Waals surface area contributed by atoms with E-state index in [0.717, 1.165) is 12.0 Å². The molecule has 2 aromatic carbocycles. The fraction of sp³-hybridized carbons (Fsp3) is 0.238. The molecular formula is C21H21N5O3. The van der Waals surface area contributed by atoms with Crippen molar-refractivity contribution in [3.05, 3.63) is 66.0 Å². The molecule has 1 aromatic heterocycles. The van der Waals surface area contributed by atoms with Gasteiger partial charge in [-0.1, -0.05) is 35.5 Å². The molecule has 0 atom stereocenters. The molecule has 1 N–H and O–H groups in total. The van der Waals surface area contributed by atoms with Crippen LogP contribution >= 0.6 is 0 Å². The molecular weight excluding hydrogens is 370 g/mol. The summed E-state index contributed by atoms with van der Waals surface area (Å²) >= 11 is 0. The topological polar surface area (TPSA) is 89.3 Å². The number of methoxy groups -OCH3 is 1. The highest BCUT2D eigenvalue weighted by atomic mass is 16.5. The van der Waals surface area contributed by atoms with Crippen molar-refractivity contribution in [1.82, 2.24) is 15.0 Å². The van der Waals surface area contributed by atoms with Gasteiger partial charge in [-0.05, 0) is 30.2 Å². The molecule has 8 heteroatoms. The number of nitrogens with one attached hydrogen (secondary N) is 1. The first-order valence-corrected chi connectivity index (χ1v) is 9.38. The first-order chi connectivity index (χ1) is 14.1. The quantitative estimate of drug-likeness (QED) is 0.698. The van der Waals surface area contributed by atoms with Crippen LogP contribution < -0.4 is 15.0 Å². The summed E-state index contributed by atoms with van der Waals surface area (Å²) in [4.78, 5) is 26.4. The van der Waals surface area contributed by atoms with Gasteiger partial charge in [-0.25, -0.2) is 4.68 Å². The SMILES string of the molecule is COc1ccc(NC(=O)c2cn(Cc3ccccc3)nn2)cc1N1CCCC1=O. The molecule has 3 aromatic rings. The van der Waals surface area contributed by atoms with Crippen molar-refractivity contribution < 1.29 is 14.3 Å². The Labute approximate surface area is 168 Å². The first-order valence-electron chi connectivity index (χ1n) is 9.38. The van der Waals surface area contributed by atoms with Crippen LogP contribution in [0.1, 0.15) is 28.9 Å². The maximum Gasteiger partial charge on any atom is 0.277 e. The Morgan fingerprint density at radius 1 is 1.21 bits per heavy atom. The van der Waals surface area contributed by atoms with Crippen LogP contribution in [0.15, 0.2) is 54.7 Å². The number of hydrogen-bond acceptors (Lipinski definition) is 5. The summed E-state index contributed by atoms with van der Waals surface area (Å²) < 4.78 is 7.00. The van der Waals surface area contributed by atoms with E-state index in [1.165, 1.54) is 0 Å². The minimum atomic E-state index is -0.367. The van der Waals surface area contributed by atoms with Crippen LogP contribution in [-0.4, -0.2) is 40.5 Å². The summed E-state index contributed by atoms with van der Waals surface area (Å²) in [5.41, 5.74) is 2.50. The second-order valence-corrected chi connectivity index (χ2v) is 6.78. The number of nitrogens with zero attached hydrogens (tertiary/aromatic N) is 4. The number of carbonyl (C=O) groups excluding carboxylic acids is 2. The minimum absolute atomic E-state index is 0.0515. The van der Waals surface area contributed by atoms with Crippen LogP contribution in [0.25, 0.3) is 0 Å². The van der Waals surface area contributed by atoms with E-state index in [2.05, 4.69) is 15.6 Å². The zero-order valence-corrected chi connectivity index (χ0v) is 16.0. The van der Waals surface area contributed by atoms with E-state index in [4.69, 9.17) is 4.74 Å². The number of anilines is 2. The highest BCUT2D eigenvalue weighted by molar-refractivity contribution is 6.03. The van der Waals surface area contributed by atoms with Crippen molar-refractivity contribution >= 4 is 23.2 Å². The minimum Gasteiger partial charge on any atom is -0.495 e. The Balaban J connectivity index is 1.49. The Morgan fingerprint density at radius 3 is 2.76 bits per heavy atom. The van der Waals surface area contributed by atoms with Crippen molar-refractivity contribution in [2.75, 3.05) is 23.9 Å². The molecule has 0 bridgehead atoms. The number of rotatable bonds is 6. The molecule has 1 fully saturated rings. The van der Waals surface area contributed by atoms with Gasteiger partial charge >= 0.3 is 0 Å². The molecule has 1 saturated heterocycles. The second-order valence-electron chi connectivity index (χ2n) is 6.78. The number of carbonyl (C=O) groups is 2. The van der Waals surface area contributed by atoms with E-state index < -0.39 is 0 Å². The van der Waals surface area contributed by atoms with E-state index in [1.54, 1.807) is 41.1 Å². The molecule has 0 saturated carbocycles. The standard InChI is InChI=1S/C21H21N5O3/c1-29-19-10-9-16(12-18(19)26-11-5-8-20(26)27)22-21(28)17-14-25(24-23-17)13-15-6-3-2-4-7-15/h2-4,6-7,9-10,12,14H,5,8,11,13H2,1H3,(H,22,28). The Morgan fingerprint density at radius 2 is 2.03 bits per heavy atom. The van der Waals surface area contributed by atoms with E-state index in [9.17, 15) is 9.59 Å². The van der Waals surface area contributed by atoms with Crippen LogP contribution in [0.4, 0.5) is 11.4 Å². The number of hydrogen-bond donors (Lipinski definition) is 1. The van der Waals surface area contributed by atoms with Gasteiger partial charge in [-0.15, -0.1) is 5.10 Å². The number of amides is 2.